The Hall–Kier alpha value is -7.01. The molecule has 0 unspecified atom stereocenters. The predicted octanol–water partition coefficient (Wildman–Crippen LogP) is 14.7. The highest BCUT2D eigenvalue weighted by atomic mass is 32.2. The van der Waals surface area contributed by atoms with E-state index in [0.29, 0.717) is 0 Å². The maximum absolute atomic E-state index is 4.85. The van der Waals surface area contributed by atoms with Crippen LogP contribution in [0, 0.1) is 0 Å². The van der Waals surface area contributed by atoms with Gasteiger partial charge in [0.2, 0.25) is 0 Å². The average molecular weight is 772 g/mol. The molecule has 0 radical (unpaired) electrons. The summed E-state index contributed by atoms with van der Waals surface area (Å²) in [5.41, 5.74) is 19.4. The van der Waals surface area contributed by atoms with E-state index in [1.165, 1.54) is 82.1 Å². The van der Waals surface area contributed by atoms with Crippen LogP contribution in [-0.4, -0.2) is 14.5 Å². The number of benzene rings is 7. The molecule has 10 aromatic rings. The van der Waals surface area contributed by atoms with Crippen molar-refractivity contribution in [2.45, 2.75) is 29.1 Å². The first kappa shape index (κ1) is 34.1. The SMILES string of the molecule is CC1(C)c2ccccc2-c2cc3c(cc21)Sc1ccccc1-c1ccccc1-c1ccccc1-c1ccc(-c2ccc4c(c2)c2cccnc2n4-c2ccccn2)cc1-3. The number of fused-ring (bicyclic) bond motifs is 15. The second kappa shape index (κ2) is 13.0. The summed E-state index contributed by atoms with van der Waals surface area (Å²) in [6.07, 6.45) is 3.71. The summed E-state index contributed by atoms with van der Waals surface area (Å²) in [5.74, 6) is 0.858. The molecule has 0 saturated carbocycles. The van der Waals surface area contributed by atoms with Crippen LogP contribution in [0.15, 0.2) is 198 Å². The fourth-order valence-corrected chi connectivity index (χ4v) is 10.9. The lowest BCUT2D eigenvalue weighted by Gasteiger charge is -2.24. The van der Waals surface area contributed by atoms with Gasteiger partial charge in [-0.15, -0.1) is 0 Å². The molecule has 1 aliphatic heterocycles. The van der Waals surface area contributed by atoms with Crippen molar-refractivity contribution in [1.82, 2.24) is 14.5 Å². The Bertz CT molecular complexity index is 3340. The molecule has 0 fully saturated rings. The molecule has 1 aliphatic carbocycles. The molecule has 278 valence electrons. The fourth-order valence-electron chi connectivity index (χ4n) is 9.75. The van der Waals surface area contributed by atoms with Crippen LogP contribution in [-0.2, 0) is 5.41 Å². The van der Waals surface area contributed by atoms with Crippen molar-refractivity contribution in [1.29, 1.82) is 0 Å². The Balaban J connectivity index is 1.16. The number of pyridine rings is 2. The fraction of sp³-hybridized carbons (Fsp3) is 0.0545. The molecule has 4 heteroatoms. The van der Waals surface area contributed by atoms with E-state index in [0.717, 1.165) is 33.3 Å². The molecule has 0 amide bonds. The van der Waals surface area contributed by atoms with Crippen LogP contribution in [0.1, 0.15) is 25.0 Å². The number of aromatic nitrogens is 3. The van der Waals surface area contributed by atoms with Gasteiger partial charge in [0.1, 0.15) is 11.5 Å². The maximum atomic E-state index is 4.85. The molecule has 12 rings (SSSR count). The number of hydrogen-bond acceptors (Lipinski definition) is 3. The zero-order chi connectivity index (χ0) is 39.2. The molecule has 0 atom stereocenters. The highest BCUT2D eigenvalue weighted by molar-refractivity contribution is 7.99. The van der Waals surface area contributed by atoms with Crippen molar-refractivity contribution in [3.63, 3.8) is 0 Å². The Kier molecular flexibility index (Phi) is 7.51. The van der Waals surface area contributed by atoms with E-state index in [2.05, 4.69) is 170 Å². The Morgan fingerprint density at radius 3 is 1.80 bits per heavy atom. The van der Waals surface area contributed by atoms with Gasteiger partial charge in [0.25, 0.3) is 0 Å². The number of hydrogen-bond donors (Lipinski definition) is 0. The molecule has 0 spiro atoms. The molecule has 0 N–H and O–H groups in total. The number of nitrogens with zero attached hydrogens (tertiary/aromatic N) is 3. The molecule has 7 aromatic carbocycles. The van der Waals surface area contributed by atoms with Crippen molar-refractivity contribution in [2.24, 2.45) is 0 Å². The van der Waals surface area contributed by atoms with E-state index in [9.17, 15) is 0 Å². The summed E-state index contributed by atoms with van der Waals surface area (Å²) < 4.78 is 2.17. The summed E-state index contributed by atoms with van der Waals surface area (Å²) in [6, 6.07) is 64.9. The molecule has 0 saturated heterocycles. The summed E-state index contributed by atoms with van der Waals surface area (Å²) >= 11 is 1.89. The summed E-state index contributed by atoms with van der Waals surface area (Å²) in [4.78, 5) is 12.1. The molecule has 4 heterocycles. The highest BCUT2D eigenvalue weighted by Gasteiger charge is 2.36. The summed E-state index contributed by atoms with van der Waals surface area (Å²) in [7, 11) is 0. The predicted molar refractivity (Wildman–Crippen MR) is 245 cm³/mol. The lowest BCUT2D eigenvalue weighted by atomic mass is 9.81. The summed E-state index contributed by atoms with van der Waals surface area (Å²) in [5, 5.41) is 2.26. The first-order chi connectivity index (χ1) is 29.0. The number of rotatable bonds is 2. The second-order valence-electron chi connectivity index (χ2n) is 16.1. The molecule has 59 heavy (non-hydrogen) atoms. The highest BCUT2D eigenvalue weighted by Crippen LogP contribution is 2.55. The van der Waals surface area contributed by atoms with Gasteiger partial charge in [-0.2, -0.15) is 0 Å². The molecule has 3 nitrogen and oxygen atoms in total. The molecule has 3 aromatic heterocycles. The minimum absolute atomic E-state index is 0.129. The van der Waals surface area contributed by atoms with Crippen LogP contribution in [0.2, 0.25) is 0 Å². The topological polar surface area (TPSA) is 30.7 Å². The van der Waals surface area contributed by atoms with Crippen LogP contribution in [0.5, 0.6) is 0 Å². The minimum atomic E-state index is -0.129. The third-order valence-corrected chi connectivity index (χ3v) is 13.7. The summed E-state index contributed by atoms with van der Waals surface area (Å²) in [6.45, 7) is 4.76. The van der Waals surface area contributed by atoms with Crippen molar-refractivity contribution in [3.05, 3.63) is 199 Å². The van der Waals surface area contributed by atoms with Gasteiger partial charge in [-0.05, 0) is 139 Å². The van der Waals surface area contributed by atoms with Crippen LogP contribution < -0.4 is 0 Å². The standard InChI is InChI=1S/C55H37N3S/c1-55(2)48-21-9-7-18-41(48)45-32-47-44-30-34(35-25-27-50-46(31-35)43-20-13-29-57-54(43)58(50)53-23-11-12-28-56-53)24-26-40(44)38-16-4-3-14-36(38)37-15-5-6-17-39(37)42-19-8-10-22-51(42)59-52(47)33-49(45)55/h3-33H,1-2H3. The van der Waals surface area contributed by atoms with Crippen LogP contribution in [0.3, 0.4) is 0 Å². The molecular weight excluding hydrogens is 735 g/mol. The smallest absolute Gasteiger partial charge is 0.146 e. The van der Waals surface area contributed by atoms with Gasteiger partial charge in [-0.3, -0.25) is 4.57 Å². The maximum Gasteiger partial charge on any atom is 0.146 e. The van der Waals surface area contributed by atoms with Gasteiger partial charge in [0.15, 0.2) is 0 Å². The van der Waals surface area contributed by atoms with Crippen LogP contribution >= 0.6 is 11.8 Å². The first-order valence-corrected chi connectivity index (χ1v) is 21.0. The van der Waals surface area contributed by atoms with E-state index in [4.69, 9.17) is 9.97 Å². The van der Waals surface area contributed by atoms with Gasteiger partial charge >= 0.3 is 0 Å². The lowest BCUT2D eigenvalue weighted by Crippen LogP contribution is -2.15. The van der Waals surface area contributed by atoms with Gasteiger partial charge in [-0.25, -0.2) is 9.97 Å². The normalized spacial score (nSPS) is 13.3. The van der Waals surface area contributed by atoms with Crippen molar-refractivity contribution in [2.75, 3.05) is 0 Å². The zero-order valence-corrected chi connectivity index (χ0v) is 33.5. The first-order valence-electron chi connectivity index (χ1n) is 20.2. The van der Waals surface area contributed by atoms with Crippen molar-refractivity contribution < 1.29 is 0 Å². The third-order valence-electron chi connectivity index (χ3n) is 12.6. The molecule has 0 bridgehead atoms. The lowest BCUT2D eigenvalue weighted by molar-refractivity contribution is 0.659. The zero-order valence-electron chi connectivity index (χ0n) is 32.6. The largest absolute Gasteiger partial charge is 0.278 e. The van der Waals surface area contributed by atoms with E-state index in [1.54, 1.807) is 0 Å². The van der Waals surface area contributed by atoms with Crippen molar-refractivity contribution >= 4 is 33.7 Å². The van der Waals surface area contributed by atoms with E-state index in [1.807, 2.05) is 48.4 Å². The second-order valence-corrected chi connectivity index (χ2v) is 17.2. The van der Waals surface area contributed by atoms with Crippen molar-refractivity contribution in [3.8, 4) is 72.6 Å². The van der Waals surface area contributed by atoms with Crippen LogP contribution in [0.25, 0.3) is 94.5 Å². The van der Waals surface area contributed by atoms with Crippen LogP contribution in [0.4, 0.5) is 0 Å². The third kappa shape index (κ3) is 5.16. The minimum Gasteiger partial charge on any atom is -0.278 e. The van der Waals surface area contributed by atoms with Gasteiger partial charge in [-0.1, -0.05) is 141 Å². The molecular formula is C55H37N3S. The van der Waals surface area contributed by atoms with Gasteiger partial charge in [0, 0.05) is 38.4 Å². The van der Waals surface area contributed by atoms with E-state index in [-0.39, 0.29) is 5.41 Å². The Morgan fingerprint density at radius 1 is 0.407 bits per heavy atom. The quantitative estimate of drug-likeness (QED) is 0.175. The average Bonchev–Trinajstić information content (AvgIpc) is 3.73. The monoisotopic (exact) mass is 771 g/mol. The Labute approximate surface area is 347 Å². The van der Waals surface area contributed by atoms with Gasteiger partial charge < -0.3 is 0 Å². The van der Waals surface area contributed by atoms with Gasteiger partial charge in [0.05, 0.1) is 5.52 Å². The Morgan fingerprint density at radius 2 is 1.03 bits per heavy atom. The van der Waals surface area contributed by atoms with E-state index >= 15 is 0 Å². The molecule has 2 aliphatic rings. The van der Waals surface area contributed by atoms with E-state index < -0.39 is 0 Å².